The second kappa shape index (κ2) is 4.26. The minimum absolute atomic E-state index is 0.185. The second-order valence-corrected chi connectivity index (χ2v) is 3.29. The smallest absolute Gasteiger partial charge is 0.226 e. The number of rotatable bonds is 2. The summed E-state index contributed by atoms with van der Waals surface area (Å²) in [6.07, 6.45) is 3.79. The number of nitrogens with one attached hydrogen (secondary N) is 1. The van der Waals surface area contributed by atoms with Crippen LogP contribution in [-0.2, 0) is 4.79 Å². The molecule has 3 heteroatoms. The van der Waals surface area contributed by atoms with Gasteiger partial charge in [0.05, 0.1) is 0 Å². The van der Waals surface area contributed by atoms with Crippen molar-refractivity contribution in [3.8, 4) is 0 Å². The van der Waals surface area contributed by atoms with E-state index in [0.717, 1.165) is 19.5 Å². The lowest BCUT2D eigenvalue weighted by molar-refractivity contribution is -0.127. The highest BCUT2D eigenvalue weighted by Gasteiger charge is 2.09. The van der Waals surface area contributed by atoms with Crippen molar-refractivity contribution in [2.75, 3.05) is 27.2 Å². The summed E-state index contributed by atoms with van der Waals surface area (Å²) in [6.45, 7) is 1.92. The van der Waals surface area contributed by atoms with Gasteiger partial charge in [-0.15, -0.1) is 0 Å². The Kier molecular flexibility index (Phi) is 3.29. The summed E-state index contributed by atoms with van der Waals surface area (Å²) in [5, 5.41) is 3.24. The molecule has 0 radical (unpaired) electrons. The third-order valence-electron chi connectivity index (χ3n) is 1.98. The molecule has 0 aromatic carbocycles. The van der Waals surface area contributed by atoms with Crippen LogP contribution in [0.5, 0.6) is 0 Å². The molecule has 68 valence electrons. The topological polar surface area (TPSA) is 32.3 Å². The average molecular weight is 168 g/mol. The minimum Gasteiger partial charge on any atom is -0.349 e. The molecular weight excluding hydrogens is 152 g/mol. The molecule has 0 aliphatic carbocycles. The predicted molar refractivity (Wildman–Crippen MR) is 48.9 cm³/mol. The van der Waals surface area contributed by atoms with Gasteiger partial charge in [0.1, 0.15) is 0 Å². The lowest BCUT2D eigenvalue weighted by atomic mass is 10.1. The third kappa shape index (κ3) is 2.66. The summed E-state index contributed by atoms with van der Waals surface area (Å²) in [5.74, 6) is 0.185. The van der Waals surface area contributed by atoms with Gasteiger partial charge in [0.15, 0.2) is 0 Å². The molecule has 0 unspecified atom stereocenters. The Balaban J connectivity index is 2.39. The Labute approximate surface area is 73.4 Å². The van der Waals surface area contributed by atoms with E-state index >= 15 is 0 Å². The Morgan fingerprint density at radius 2 is 2.42 bits per heavy atom. The molecule has 1 amide bonds. The van der Waals surface area contributed by atoms with Gasteiger partial charge < -0.3 is 10.2 Å². The van der Waals surface area contributed by atoms with Gasteiger partial charge in [-0.25, -0.2) is 0 Å². The molecule has 0 aromatic heterocycles. The molecule has 0 saturated carbocycles. The number of hydrogen-bond acceptors (Lipinski definition) is 2. The van der Waals surface area contributed by atoms with Crippen LogP contribution in [0.15, 0.2) is 11.6 Å². The van der Waals surface area contributed by atoms with Gasteiger partial charge in [-0.2, -0.15) is 0 Å². The standard InChI is InChI=1S/C9H16N2O/c1-11(2)9(12)6-8-4-3-5-10-7-8/h4,10H,3,5-7H2,1-2H3. The largest absolute Gasteiger partial charge is 0.349 e. The Morgan fingerprint density at radius 3 is 2.92 bits per heavy atom. The van der Waals surface area contributed by atoms with E-state index in [9.17, 15) is 4.79 Å². The van der Waals surface area contributed by atoms with E-state index in [1.165, 1.54) is 5.57 Å². The van der Waals surface area contributed by atoms with E-state index < -0.39 is 0 Å². The summed E-state index contributed by atoms with van der Waals surface area (Å²) in [4.78, 5) is 12.9. The van der Waals surface area contributed by atoms with Gasteiger partial charge in [0.2, 0.25) is 5.91 Å². The van der Waals surface area contributed by atoms with E-state index in [0.29, 0.717) is 6.42 Å². The van der Waals surface area contributed by atoms with Crippen LogP contribution in [0, 0.1) is 0 Å². The van der Waals surface area contributed by atoms with Crippen molar-refractivity contribution in [3.63, 3.8) is 0 Å². The number of amides is 1. The first-order valence-corrected chi connectivity index (χ1v) is 4.29. The first-order chi connectivity index (χ1) is 5.70. The monoisotopic (exact) mass is 168 g/mol. The molecule has 1 heterocycles. The number of hydrogen-bond donors (Lipinski definition) is 1. The van der Waals surface area contributed by atoms with Crippen molar-refractivity contribution >= 4 is 5.91 Å². The van der Waals surface area contributed by atoms with E-state index in [-0.39, 0.29) is 5.91 Å². The maximum Gasteiger partial charge on any atom is 0.226 e. The van der Waals surface area contributed by atoms with Gasteiger partial charge in [-0.1, -0.05) is 11.6 Å². The van der Waals surface area contributed by atoms with Crippen LogP contribution >= 0.6 is 0 Å². The average Bonchev–Trinajstić information content (AvgIpc) is 2.06. The van der Waals surface area contributed by atoms with E-state index in [1.54, 1.807) is 19.0 Å². The molecule has 0 fully saturated rings. The van der Waals surface area contributed by atoms with Gasteiger partial charge >= 0.3 is 0 Å². The highest BCUT2D eigenvalue weighted by molar-refractivity contribution is 5.78. The van der Waals surface area contributed by atoms with Crippen molar-refractivity contribution in [1.29, 1.82) is 0 Å². The number of carbonyl (C=O) groups excluding carboxylic acids is 1. The normalized spacial score (nSPS) is 17.0. The van der Waals surface area contributed by atoms with Gasteiger partial charge in [-0.3, -0.25) is 4.79 Å². The Morgan fingerprint density at radius 1 is 1.67 bits per heavy atom. The highest BCUT2D eigenvalue weighted by atomic mass is 16.2. The number of carbonyl (C=O) groups is 1. The van der Waals surface area contributed by atoms with Crippen molar-refractivity contribution in [2.45, 2.75) is 12.8 Å². The van der Waals surface area contributed by atoms with Crippen LogP contribution in [0.25, 0.3) is 0 Å². The molecule has 0 aromatic rings. The van der Waals surface area contributed by atoms with Crippen molar-refractivity contribution in [3.05, 3.63) is 11.6 Å². The summed E-state index contributed by atoms with van der Waals surface area (Å²) in [6, 6.07) is 0. The molecular formula is C9H16N2O. The molecule has 1 aliphatic rings. The van der Waals surface area contributed by atoms with Crippen molar-refractivity contribution in [2.24, 2.45) is 0 Å². The lowest BCUT2D eigenvalue weighted by Crippen LogP contribution is -2.27. The fourth-order valence-electron chi connectivity index (χ4n) is 1.19. The molecule has 0 bridgehead atoms. The molecule has 12 heavy (non-hydrogen) atoms. The summed E-state index contributed by atoms with van der Waals surface area (Å²) < 4.78 is 0. The van der Waals surface area contributed by atoms with Crippen molar-refractivity contribution in [1.82, 2.24) is 10.2 Å². The third-order valence-corrected chi connectivity index (χ3v) is 1.98. The molecule has 3 nitrogen and oxygen atoms in total. The van der Waals surface area contributed by atoms with Gasteiger partial charge in [-0.05, 0) is 13.0 Å². The van der Waals surface area contributed by atoms with Crippen LogP contribution in [0.1, 0.15) is 12.8 Å². The van der Waals surface area contributed by atoms with E-state index in [4.69, 9.17) is 0 Å². The SMILES string of the molecule is CN(C)C(=O)CC1=CCCNC1. The van der Waals surface area contributed by atoms with Crippen LogP contribution < -0.4 is 5.32 Å². The molecule has 1 rings (SSSR count). The maximum absolute atomic E-state index is 11.3. The summed E-state index contributed by atoms with van der Waals surface area (Å²) in [7, 11) is 3.58. The predicted octanol–water partition coefficient (Wildman–Crippen LogP) is 0.384. The van der Waals surface area contributed by atoms with Crippen molar-refractivity contribution < 1.29 is 4.79 Å². The van der Waals surface area contributed by atoms with Crippen LogP contribution in [-0.4, -0.2) is 38.0 Å². The Bertz CT molecular complexity index is 197. The lowest BCUT2D eigenvalue weighted by Gasteiger charge is -2.16. The fourth-order valence-corrected chi connectivity index (χ4v) is 1.19. The van der Waals surface area contributed by atoms with E-state index in [2.05, 4.69) is 11.4 Å². The zero-order valence-corrected chi connectivity index (χ0v) is 7.76. The highest BCUT2D eigenvalue weighted by Crippen LogP contribution is 2.06. The summed E-state index contributed by atoms with van der Waals surface area (Å²) >= 11 is 0. The van der Waals surface area contributed by atoms with E-state index in [1.807, 2.05) is 0 Å². The Hall–Kier alpha value is -0.830. The van der Waals surface area contributed by atoms with Crippen LogP contribution in [0.2, 0.25) is 0 Å². The molecule has 1 N–H and O–H groups in total. The molecule has 0 spiro atoms. The minimum atomic E-state index is 0.185. The first kappa shape index (κ1) is 9.26. The molecule has 1 aliphatic heterocycles. The second-order valence-electron chi connectivity index (χ2n) is 3.29. The van der Waals surface area contributed by atoms with Crippen LogP contribution in [0.4, 0.5) is 0 Å². The fraction of sp³-hybridized carbons (Fsp3) is 0.667. The molecule has 0 saturated heterocycles. The zero-order chi connectivity index (χ0) is 8.97. The maximum atomic E-state index is 11.3. The number of nitrogens with zero attached hydrogens (tertiary/aromatic N) is 1. The van der Waals surface area contributed by atoms with Gasteiger partial charge in [0, 0.05) is 27.1 Å². The van der Waals surface area contributed by atoms with Crippen LogP contribution in [0.3, 0.4) is 0 Å². The van der Waals surface area contributed by atoms with Gasteiger partial charge in [0.25, 0.3) is 0 Å². The summed E-state index contributed by atoms with van der Waals surface area (Å²) in [5.41, 5.74) is 1.22. The zero-order valence-electron chi connectivity index (χ0n) is 7.76. The molecule has 0 atom stereocenters. The first-order valence-electron chi connectivity index (χ1n) is 4.29. The quantitative estimate of drug-likeness (QED) is 0.605.